The summed E-state index contributed by atoms with van der Waals surface area (Å²) in [5, 5.41) is 0.945. The summed E-state index contributed by atoms with van der Waals surface area (Å²) in [5.74, 6) is 0.770. The molecule has 0 fully saturated rings. The number of para-hydroxylation sites is 2. The molecule has 0 radical (unpaired) electrons. The van der Waals surface area contributed by atoms with E-state index in [9.17, 15) is 9.59 Å². The molecule has 5 nitrogen and oxygen atoms in total. The second kappa shape index (κ2) is 6.03. The zero-order valence-corrected chi connectivity index (χ0v) is 15.3. The molecule has 0 aliphatic rings. The van der Waals surface area contributed by atoms with Crippen molar-refractivity contribution in [1.82, 2.24) is 4.57 Å². The molecule has 2 aromatic carbocycles. The van der Waals surface area contributed by atoms with E-state index in [1.165, 1.54) is 4.57 Å². The van der Waals surface area contributed by atoms with Crippen LogP contribution in [-0.2, 0) is 7.05 Å². The maximum absolute atomic E-state index is 12.9. The van der Waals surface area contributed by atoms with Gasteiger partial charge in [-0.1, -0.05) is 30.3 Å². The van der Waals surface area contributed by atoms with E-state index >= 15 is 0 Å². The Balaban J connectivity index is 2.17. The van der Waals surface area contributed by atoms with E-state index in [1.54, 1.807) is 19.2 Å². The van der Waals surface area contributed by atoms with E-state index in [0.717, 1.165) is 0 Å². The first-order chi connectivity index (χ1) is 12.1. The van der Waals surface area contributed by atoms with Crippen LogP contribution in [0.3, 0.4) is 0 Å². The Morgan fingerprint density at radius 1 is 1.00 bits per heavy atom. The molecule has 0 bridgehead atoms. The van der Waals surface area contributed by atoms with E-state index in [1.807, 2.05) is 65.1 Å². The summed E-state index contributed by atoms with van der Waals surface area (Å²) in [6, 6.07) is 16.3. The number of rotatable bonds is 2. The topological polar surface area (TPSA) is 61.4 Å². The van der Waals surface area contributed by atoms with Crippen molar-refractivity contribution in [2.75, 3.05) is 0 Å². The van der Waals surface area contributed by atoms with Crippen LogP contribution in [-0.4, -0.2) is 4.57 Å². The lowest BCUT2D eigenvalue weighted by atomic mass is 10.1. The van der Waals surface area contributed by atoms with Gasteiger partial charge in [-0.2, -0.15) is 0 Å². The Bertz CT molecular complexity index is 1230. The quantitative estimate of drug-likeness (QED) is 0.345. The summed E-state index contributed by atoms with van der Waals surface area (Å²) >= 11 is 1.85. The van der Waals surface area contributed by atoms with Gasteiger partial charge in [0.05, 0.1) is 5.52 Å². The molecular weight excluding hydrogens is 433 g/mol. The number of hydrogen-bond acceptors (Lipinski definition) is 4. The Hall–Kier alpha value is -2.61. The summed E-state index contributed by atoms with van der Waals surface area (Å²) < 4.78 is 13.1. The Labute approximate surface area is 155 Å². The van der Waals surface area contributed by atoms with Crippen molar-refractivity contribution in [1.29, 1.82) is 0 Å². The largest absolute Gasteiger partial charge is 0.455 e. The number of fused-ring (bicyclic) bond motifs is 3. The molecule has 2 heterocycles. The molecule has 0 aliphatic heterocycles. The van der Waals surface area contributed by atoms with Gasteiger partial charge in [0, 0.05) is 12.4 Å². The number of pyridine rings is 1. The number of benzene rings is 2. The van der Waals surface area contributed by atoms with E-state index in [0.29, 0.717) is 16.7 Å². The first-order valence-electron chi connectivity index (χ1n) is 7.55. The fraction of sp³-hybridized carbons (Fsp3) is 0.0526. The molecule has 0 saturated carbocycles. The van der Waals surface area contributed by atoms with Crippen molar-refractivity contribution >= 4 is 44.5 Å². The van der Waals surface area contributed by atoms with Crippen molar-refractivity contribution in [3.05, 3.63) is 78.9 Å². The molecule has 0 N–H and O–H groups in total. The molecule has 124 valence electrons. The van der Waals surface area contributed by atoms with Crippen LogP contribution >= 0.6 is 22.6 Å². The first-order valence-corrected chi connectivity index (χ1v) is 8.62. The average Bonchev–Trinajstić information content (AvgIpc) is 2.64. The van der Waals surface area contributed by atoms with Crippen molar-refractivity contribution in [2.24, 2.45) is 7.05 Å². The maximum atomic E-state index is 12.9. The zero-order valence-electron chi connectivity index (χ0n) is 13.2. The summed E-state index contributed by atoms with van der Waals surface area (Å²) in [6.45, 7) is 0. The molecule has 4 rings (SSSR count). The highest BCUT2D eigenvalue weighted by Crippen LogP contribution is 2.33. The monoisotopic (exact) mass is 445 g/mol. The van der Waals surface area contributed by atoms with Gasteiger partial charge in [-0.3, -0.25) is 4.79 Å². The van der Waals surface area contributed by atoms with Crippen LogP contribution in [0.4, 0.5) is 0 Å². The molecule has 0 unspecified atom stereocenters. The number of hydrogen-bond donors (Lipinski definition) is 0. The predicted octanol–water partition coefficient (Wildman–Crippen LogP) is 4.04. The van der Waals surface area contributed by atoms with Gasteiger partial charge in [-0.25, -0.2) is 4.79 Å². The minimum absolute atomic E-state index is 0.226. The van der Waals surface area contributed by atoms with E-state index in [-0.39, 0.29) is 25.8 Å². The third-order valence-corrected chi connectivity index (χ3v) is 4.95. The molecule has 25 heavy (non-hydrogen) atoms. The maximum Gasteiger partial charge on any atom is 0.353 e. The van der Waals surface area contributed by atoms with Gasteiger partial charge >= 0.3 is 5.63 Å². The third kappa shape index (κ3) is 2.53. The number of aryl methyl sites for hydroxylation is 1. The highest BCUT2D eigenvalue weighted by atomic mass is 127. The van der Waals surface area contributed by atoms with Crippen LogP contribution in [0.25, 0.3) is 21.9 Å². The van der Waals surface area contributed by atoms with E-state index < -0.39 is 5.63 Å². The Morgan fingerprint density at radius 3 is 2.44 bits per heavy atom. The standard InChI is InChI=1S/C19H12INO4/c1-21-13-10-6-5-9-12(13)16-14(18(21)22)17(15(20)19(23)25-16)24-11-7-3-2-4-8-11/h2-10H,1H3. The fourth-order valence-corrected chi connectivity index (χ4v) is 3.31. The third-order valence-electron chi connectivity index (χ3n) is 4.02. The van der Waals surface area contributed by atoms with Crippen molar-refractivity contribution in [2.45, 2.75) is 0 Å². The molecule has 0 aliphatic carbocycles. The SMILES string of the molecule is Cn1c(=O)c2c(Oc3ccccc3)c(I)c(=O)oc2c2ccccc21. The van der Waals surface area contributed by atoms with Crippen LogP contribution < -0.4 is 15.9 Å². The minimum Gasteiger partial charge on any atom is -0.455 e. The second-order valence-corrected chi connectivity index (χ2v) is 6.61. The van der Waals surface area contributed by atoms with Gasteiger partial charge in [0.2, 0.25) is 0 Å². The van der Waals surface area contributed by atoms with Crippen LogP contribution in [0.2, 0.25) is 0 Å². The van der Waals surface area contributed by atoms with Crippen molar-refractivity contribution in [3.63, 3.8) is 0 Å². The molecule has 4 aromatic rings. The predicted molar refractivity (Wildman–Crippen MR) is 104 cm³/mol. The van der Waals surface area contributed by atoms with Crippen molar-refractivity contribution in [3.8, 4) is 11.5 Å². The Morgan fingerprint density at radius 2 is 1.68 bits per heavy atom. The second-order valence-electron chi connectivity index (χ2n) is 5.53. The normalized spacial score (nSPS) is 11.1. The van der Waals surface area contributed by atoms with Gasteiger partial charge in [0.25, 0.3) is 5.56 Å². The highest BCUT2D eigenvalue weighted by Gasteiger charge is 2.21. The van der Waals surface area contributed by atoms with Crippen LogP contribution in [0.5, 0.6) is 11.5 Å². The van der Waals surface area contributed by atoms with Gasteiger partial charge in [0.15, 0.2) is 11.3 Å². The summed E-state index contributed by atoms with van der Waals surface area (Å²) in [4.78, 5) is 25.3. The van der Waals surface area contributed by atoms with Crippen LogP contribution in [0.1, 0.15) is 0 Å². The van der Waals surface area contributed by atoms with Gasteiger partial charge in [0.1, 0.15) is 14.7 Å². The smallest absolute Gasteiger partial charge is 0.353 e. The molecular formula is C19H12INO4. The number of nitrogens with zero attached hydrogens (tertiary/aromatic N) is 1. The summed E-state index contributed by atoms with van der Waals surface area (Å²) in [6.07, 6.45) is 0. The fourth-order valence-electron chi connectivity index (χ4n) is 2.82. The molecule has 0 amide bonds. The van der Waals surface area contributed by atoms with Gasteiger partial charge < -0.3 is 13.7 Å². The van der Waals surface area contributed by atoms with E-state index in [2.05, 4.69) is 0 Å². The Kier molecular flexibility index (Phi) is 3.84. The first kappa shape index (κ1) is 15.9. The van der Waals surface area contributed by atoms with Crippen molar-refractivity contribution < 1.29 is 9.15 Å². The molecule has 0 atom stereocenters. The van der Waals surface area contributed by atoms with Crippen LogP contribution in [0, 0.1) is 3.57 Å². The lowest BCUT2D eigenvalue weighted by molar-refractivity contribution is 0.469. The zero-order chi connectivity index (χ0) is 17.6. The molecule has 0 saturated heterocycles. The molecule has 6 heteroatoms. The van der Waals surface area contributed by atoms with Gasteiger partial charge in [-0.05, 0) is 46.9 Å². The van der Waals surface area contributed by atoms with E-state index in [4.69, 9.17) is 9.15 Å². The molecule has 2 aromatic heterocycles. The highest BCUT2D eigenvalue weighted by molar-refractivity contribution is 14.1. The average molecular weight is 445 g/mol. The number of halogens is 1. The molecule has 0 spiro atoms. The van der Waals surface area contributed by atoms with Gasteiger partial charge in [-0.15, -0.1) is 0 Å². The summed E-state index contributed by atoms with van der Waals surface area (Å²) in [7, 11) is 1.69. The number of ether oxygens (including phenoxy) is 1. The lowest BCUT2D eigenvalue weighted by Crippen LogP contribution is -2.20. The minimum atomic E-state index is -0.530. The summed E-state index contributed by atoms with van der Waals surface area (Å²) in [5.41, 5.74) is 0.129. The van der Waals surface area contributed by atoms with Crippen LogP contribution in [0.15, 0.2) is 68.6 Å². The lowest BCUT2D eigenvalue weighted by Gasteiger charge is -2.13. The number of aromatic nitrogens is 1.